The van der Waals surface area contributed by atoms with Crippen LogP contribution in [0.15, 0.2) is 66.3 Å². The largest absolute Gasteiger partial charge is 0.418 e. The molecule has 6 nitrogen and oxygen atoms in total. The second kappa shape index (κ2) is 9.90. The third-order valence-corrected chi connectivity index (χ3v) is 5.48. The standard InChI is InChI=1S/C22H22F3N5OS/c1-4-13-30-20(15-9-11-16(12-10-15)29(2)3)27-28-21(30)32-14-19(31)26-18-8-6-5-7-17(18)22(23,24)25/h4-12H,1,13-14H2,2-3H3,(H,26,31). The number of para-hydroxylation sites is 1. The topological polar surface area (TPSA) is 63.1 Å². The average Bonchev–Trinajstić information content (AvgIpc) is 3.15. The van der Waals surface area contributed by atoms with Gasteiger partial charge >= 0.3 is 6.18 Å². The molecule has 3 aromatic rings. The van der Waals surface area contributed by atoms with Gasteiger partial charge in [-0.2, -0.15) is 13.2 Å². The highest BCUT2D eigenvalue weighted by atomic mass is 32.2. The number of carbonyl (C=O) groups is 1. The summed E-state index contributed by atoms with van der Waals surface area (Å²) in [7, 11) is 3.89. The average molecular weight is 462 g/mol. The first-order valence-corrected chi connectivity index (χ1v) is 10.6. The van der Waals surface area contributed by atoms with Crippen LogP contribution >= 0.6 is 11.8 Å². The molecule has 0 fully saturated rings. The summed E-state index contributed by atoms with van der Waals surface area (Å²) < 4.78 is 41.2. The van der Waals surface area contributed by atoms with Crippen LogP contribution in [0.25, 0.3) is 11.4 Å². The molecule has 0 unspecified atom stereocenters. The van der Waals surface area contributed by atoms with Crippen LogP contribution in [-0.4, -0.2) is 40.5 Å². The van der Waals surface area contributed by atoms with Gasteiger partial charge in [0.1, 0.15) is 0 Å². The van der Waals surface area contributed by atoms with Crippen molar-refractivity contribution in [1.82, 2.24) is 14.8 Å². The maximum Gasteiger partial charge on any atom is 0.418 e. The Balaban J connectivity index is 1.74. The van der Waals surface area contributed by atoms with E-state index in [4.69, 9.17) is 0 Å². The summed E-state index contributed by atoms with van der Waals surface area (Å²) in [5, 5.41) is 11.2. The molecule has 1 heterocycles. The Morgan fingerprint density at radius 1 is 1.16 bits per heavy atom. The molecule has 32 heavy (non-hydrogen) atoms. The summed E-state index contributed by atoms with van der Waals surface area (Å²) in [6, 6.07) is 12.6. The number of allylic oxidation sites excluding steroid dienone is 1. The van der Waals surface area contributed by atoms with Gasteiger partial charge in [-0.15, -0.1) is 16.8 Å². The summed E-state index contributed by atoms with van der Waals surface area (Å²) in [6.07, 6.45) is -2.87. The summed E-state index contributed by atoms with van der Waals surface area (Å²) >= 11 is 1.09. The summed E-state index contributed by atoms with van der Waals surface area (Å²) in [5.41, 5.74) is 0.714. The summed E-state index contributed by atoms with van der Waals surface area (Å²) in [5.74, 6) is -0.0848. The van der Waals surface area contributed by atoms with Crippen LogP contribution in [0.4, 0.5) is 24.5 Å². The molecular weight excluding hydrogens is 439 g/mol. The van der Waals surface area contributed by atoms with E-state index in [1.54, 1.807) is 10.6 Å². The third kappa shape index (κ3) is 5.50. The van der Waals surface area contributed by atoms with Crippen molar-refractivity contribution in [3.63, 3.8) is 0 Å². The van der Waals surface area contributed by atoms with Crippen LogP contribution in [0, 0.1) is 0 Å². The van der Waals surface area contributed by atoms with Crippen molar-refractivity contribution in [3.05, 3.63) is 66.7 Å². The maximum absolute atomic E-state index is 13.1. The molecule has 1 amide bonds. The lowest BCUT2D eigenvalue weighted by Gasteiger charge is -2.14. The Bertz CT molecular complexity index is 1090. The van der Waals surface area contributed by atoms with Crippen LogP contribution in [0.2, 0.25) is 0 Å². The van der Waals surface area contributed by atoms with Gasteiger partial charge in [-0.05, 0) is 36.4 Å². The second-order valence-electron chi connectivity index (χ2n) is 7.03. The zero-order chi connectivity index (χ0) is 23.3. The van der Waals surface area contributed by atoms with Gasteiger partial charge in [0.2, 0.25) is 5.91 Å². The van der Waals surface area contributed by atoms with Gasteiger partial charge in [-0.3, -0.25) is 9.36 Å². The van der Waals surface area contributed by atoms with Gasteiger partial charge in [-0.1, -0.05) is 30.0 Å². The zero-order valence-corrected chi connectivity index (χ0v) is 18.4. The first kappa shape index (κ1) is 23.4. The van der Waals surface area contributed by atoms with Crippen molar-refractivity contribution < 1.29 is 18.0 Å². The molecule has 10 heteroatoms. The number of anilines is 2. The van der Waals surface area contributed by atoms with E-state index in [1.165, 1.54) is 18.2 Å². The fraction of sp³-hybridized carbons (Fsp3) is 0.227. The number of hydrogen-bond donors (Lipinski definition) is 1. The Morgan fingerprint density at radius 2 is 1.84 bits per heavy atom. The van der Waals surface area contributed by atoms with Crippen LogP contribution in [0.5, 0.6) is 0 Å². The van der Waals surface area contributed by atoms with Crippen molar-refractivity contribution in [2.24, 2.45) is 0 Å². The van der Waals surface area contributed by atoms with E-state index in [2.05, 4.69) is 22.1 Å². The number of amides is 1. The first-order valence-electron chi connectivity index (χ1n) is 9.61. The summed E-state index contributed by atoms with van der Waals surface area (Å²) in [4.78, 5) is 14.3. The molecule has 1 N–H and O–H groups in total. The zero-order valence-electron chi connectivity index (χ0n) is 17.6. The molecule has 0 radical (unpaired) electrons. The minimum Gasteiger partial charge on any atom is -0.378 e. The molecule has 0 atom stereocenters. The van der Waals surface area contributed by atoms with Gasteiger partial charge < -0.3 is 10.2 Å². The molecule has 3 rings (SSSR count). The fourth-order valence-electron chi connectivity index (χ4n) is 2.97. The quantitative estimate of drug-likeness (QED) is 0.380. The van der Waals surface area contributed by atoms with Gasteiger partial charge in [0.15, 0.2) is 11.0 Å². The normalized spacial score (nSPS) is 11.3. The van der Waals surface area contributed by atoms with Gasteiger partial charge in [0, 0.05) is 31.9 Å². The molecule has 0 spiro atoms. The Kier molecular flexibility index (Phi) is 7.24. The van der Waals surface area contributed by atoms with Crippen molar-refractivity contribution in [2.45, 2.75) is 17.9 Å². The molecule has 0 aliphatic rings. The Morgan fingerprint density at radius 3 is 2.47 bits per heavy atom. The highest BCUT2D eigenvalue weighted by Gasteiger charge is 2.33. The van der Waals surface area contributed by atoms with Crippen LogP contribution in [0.3, 0.4) is 0 Å². The SMILES string of the molecule is C=CCn1c(SCC(=O)Nc2ccccc2C(F)(F)F)nnc1-c1ccc(N(C)C)cc1. The van der Waals surface area contributed by atoms with Gasteiger partial charge in [0.05, 0.1) is 17.0 Å². The molecule has 0 saturated carbocycles. The summed E-state index contributed by atoms with van der Waals surface area (Å²) in [6.45, 7) is 4.17. The lowest BCUT2D eigenvalue weighted by molar-refractivity contribution is -0.137. The number of hydrogen-bond acceptors (Lipinski definition) is 5. The van der Waals surface area contributed by atoms with Crippen LogP contribution < -0.4 is 10.2 Å². The number of benzene rings is 2. The molecule has 0 aliphatic carbocycles. The molecule has 0 saturated heterocycles. The third-order valence-electron chi connectivity index (χ3n) is 4.51. The molecular formula is C22H22F3N5OS. The van der Waals surface area contributed by atoms with E-state index < -0.39 is 17.6 Å². The second-order valence-corrected chi connectivity index (χ2v) is 7.97. The number of alkyl halides is 3. The number of halogens is 3. The molecule has 2 aromatic carbocycles. The first-order chi connectivity index (χ1) is 15.2. The predicted octanol–water partition coefficient (Wildman–Crippen LogP) is 4.95. The number of aromatic nitrogens is 3. The van der Waals surface area contributed by atoms with E-state index in [1.807, 2.05) is 43.3 Å². The minimum absolute atomic E-state index is 0.124. The van der Waals surface area contributed by atoms with Crippen molar-refractivity contribution >= 4 is 29.0 Å². The monoisotopic (exact) mass is 461 g/mol. The van der Waals surface area contributed by atoms with Crippen LogP contribution in [-0.2, 0) is 17.5 Å². The van der Waals surface area contributed by atoms with Crippen molar-refractivity contribution in [2.75, 3.05) is 30.1 Å². The molecule has 168 valence electrons. The van der Waals surface area contributed by atoms with E-state index in [0.29, 0.717) is 17.5 Å². The minimum atomic E-state index is -4.56. The highest BCUT2D eigenvalue weighted by Crippen LogP contribution is 2.34. The number of carbonyl (C=O) groups excluding carboxylic acids is 1. The Labute approximate surface area is 188 Å². The van der Waals surface area contributed by atoms with E-state index in [9.17, 15) is 18.0 Å². The van der Waals surface area contributed by atoms with E-state index >= 15 is 0 Å². The van der Waals surface area contributed by atoms with Crippen molar-refractivity contribution in [3.8, 4) is 11.4 Å². The number of nitrogens with zero attached hydrogens (tertiary/aromatic N) is 4. The number of thioether (sulfide) groups is 1. The van der Waals surface area contributed by atoms with E-state index in [-0.39, 0.29) is 11.4 Å². The van der Waals surface area contributed by atoms with E-state index in [0.717, 1.165) is 29.1 Å². The van der Waals surface area contributed by atoms with Gasteiger partial charge in [-0.25, -0.2) is 0 Å². The fourth-order valence-corrected chi connectivity index (χ4v) is 3.71. The smallest absolute Gasteiger partial charge is 0.378 e. The Hall–Kier alpha value is -3.27. The molecule has 0 aliphatic heterocycles. The molecule has 1 aromatic heterocycles. The predicted molar refractivity (Wildman–Crippen MR) is 121 cm³/mol. The number of rotatable bonds is 8. The lowest BCUT2D eigenvalue weighted by Crippen LogP contribution is -2.18. The van der Waals surface area contributed by atoms with Crippen molar-refractivity contribution in [1.29, 1.82) is 0 Å². The maximum atomic E-state index is 13.1. The number of nitrogens with one attached hydrogen (secondary N) is 1. The lowest BCUT2D eigenvalue weighted by atomic mass is 10.1. The van der Waals surface area contributed by atoms with Gasteiger partial charge in [0.25, 0.3) is 0 Å². The highest BCUT2D eigenvalue weighted by molar-refractivity contribution is 7.99. The molecule has 0 bridgehead atoms. The van der Waals surface area contributed by atoms with Crippen LogP contribution in [0.1, 0.15) is 5.56 Å².